The van der Waals surface area contributed by atoms with Crippen molar-refractivity contribution in [1.29, 1.82) is 0 Å². The highest BCUT2D eigenvalue weighted by molar-refractivity contribution is 7.98. The molecule has 0 bridgehead atoms. The molecule has 1 aliphatic rings. The average Bonchev–Trinajstić information content (AvgIpc) is 2.81. The van der Waals surface area contributed by atoms with Crippen LogP contribution in [0.1, 0.15) is 11.7 Å². The van der Waals surface area contributed by atoms with Gasteiger partial charge in [-0.25, -0.2) is 4.68 Å². The zero-order chi connectivity index (χ0) is 20.9. The Morgan fingerprint density at radius 2 is 1.87 bits per heavy atom. The lowest BCUT2D eigenvalue weighted by Crippen LogP contribution is -2.44. The maximum atomic E-state index is 12.9. The average molecular weight is 422 g/mol. The molecule has 0 aliphatic carbocycles. The van der Waals surface area contributed by atoms with Gasteiger partial charge in [0.2, 0.25) is 5.91 Å². The number of carbonyl (C=O) groups excluding carboxylic acids is 1. The van der Waals surface area contributed by atoms with Gasteiger partial charge in [-0.05, 0) is 30.0 Å². The molecular formula is C23H23N3O3S. The van der Waals surface area contributed by atoms with Gasteiger partial charge in [0.05, 0.1) is 18.8 Å². The van der Waals surface area contributed by atoms with Gasteiger partial charge in [-0.2, -0.15) is 5.10 Å². The summed E-state index contributed by atoms with van der Waals surface area (Å²) in [5.74, 6) is -0.135. The van der Waals surface area contributed by atoms with E-state index >= 15 is 0 Å². The summed E-state index contributed by atoms with van der Waals surface area (Å²) in [6.07, 6.45) is 1.86. The molecule has 154 valence electrons. The SMILES string of the molecule is CSc1ccc(-c2ccc(=O)n(CC(=O)N3CCOC(c4ccccc4)C3)n2)cc1. The Morgan fingerprint density at radius 3 is 2.60 bits per heavy atom. The van der Waals surface area contributed by atoms with Crippen LogP contribution in [-0.2, 0) is 16.1 Å². The first kappa shape index (κ1) is 20.4. The van der Waals surface area contributed by atoms with E-state index in [0.717, 1.165) is 16.0 Å². The van der Waals surface area contributed by atoms with Crippen molar-refractivity contribution in [2.45, 2.75) is 17.5 Å². The molecule has 6 nitrogen and oxygen atoms in total. The van der Waals surface area contributed by atoms with Crippen LogP contribution in [-0.4, -0.2) is 46.5 Å². The number of thioether (sulfide) groups is 1. The number of ether oxygens (including phenoxy) is 1. The molecule has 1 atom stereocenters. The lowest BCUT2D eigenvalue weighted by Gasteiger charge is -2.33. The van der Waals surface area contributed by atoms with E-state index in [9.17, 15) is 9.59 Å². The molecule has 1 aromatic heterocycles. The maximum Gasteiger partial charge on any atom is 0.267 e. The van der Waals surface area contributed by atoms with Crippen LogP contribution in [0, 0.1) is 0 Å². The molecule has 4 rings (SSSR count). The number of nitrogens with zero attached hydrogens (tertiary/aromatic N) is 3. The second-order valence-electron chi connectivity index (χ2n) is 7.05. The number of benzene rings is 2. The third-order valence-corrected chi connectivity index (χ3v) is 5.87. The summed E-state index contributed by atoms with van der Waals surface area (Å²) in [5.41, 5.74) is 2.32. The van der Waals surface area contributed by atoms with Gasteiger partial charge in [-0.15, -0.1) is 11.8 Å². The highest BCUT2D eigenvalue weighted by Gasteiger charge is 2.25. The zero-order valence-electron chi connectivity index (χ0n) is 16.7. The summed E-state index contributed by atoms with van der Waals surface area (Å²) in [4.78, 5) is 28.1. The van der Waals surface area contributed by atoms with Gasteiger partial charge in [0.1, 0.15) is 12.6 Å². The van der Waals surface area contributed by atoms with Gasteiger partial charge in [0, 0.05) is 23.1 Å². The van der Waals surface area contributed by atoms with Gasteiger partial charge in [0.25, 0.3) is 5.56 Å². The molecule has 2 aromatic carbocycles. The smallest absolute Gasteiger partial charge is 0.267 e. The first-order chi connectivity index (χ1) is 14.6. The van der Waals surface area contributed by atoms with Crippen LogP contribution in [0.4, 0.5) is 0 Å². The molecule has 1 fully saturated rings. The number of aromatic nitrogens is 2. The number of carbonyl (C=O) groups is 1. The third kappa shape index (κ3) is 4.63. The fourth-order valence-corrected chi connectivity index (χ4v) is 3.86. The van der Waals surface area contributed by atoms with Crippen molar-refractivity contribution in [3.05, 3.63) is 82.6 Å². The van der Waals surface area contributed by atoms with Crippen LogP contribution >= 0.6 is 11.8 Å². The normalized spacial score (nSPS) is 16.4. The highest BCUT2D eigenvalue weighted by atomic mass is 32.2. The minimum Gasteiger partial charge on any atom is -0.370 e. The lowest BCUT2D eigenvalue weighted by atomic mass is 10.1. The quantitative estimate of drug-likeness (QED) is 0.592. The third-order valence-electron chi connectivity index (χ3n) is 5.13. The first-order valence-electron chi connectivity index (χ1n) is 9.81. The Balaban J connectivity index is 1.49. The van der Waals surface area contributed by atoms with Crippen molar-refractivity contribution in [1.82, 2.24) is 14.7 Å². The van der Waals surface area contributed by atoms with Crippen LogP contribution < -0.4 is 5.56 Å². The van der Waals surface area contributed by atoms with E-state index in [1.54, 1.807) is 22.7 Å². The monoisotopic (exact) mass is 421 g/mol. The maximum absolute atomic E-state index is 12.9. The van der Waals surface area contributed by atoms with Crippen molar-refractivity contribution >= 4 is 17.7 Å². The topological polar surface area (TPSA) is 64.4 Å². The molecular weight excluding hydrogens is 398 g/mol. The van der Waals surface area contributed by atoms with Crippen molar-refractivity contribution in [2.24, 2.45) is 0 Å². The second-order valence-corrected chi connectivity index (χ2v) is 7.93. The fourth-order valence-electron chi connectivity index (χ4n) is 3.45. The highest BCUT2D eigenvalue weighted by Crippen LogP contribution is 2.23. The van der Waals surface area contributed by atoms with Crippen molar-refractivity contribution < 1.29 is 9.53 Å². The molecule has 0 saturated carbocycles. The summed E-state index contributed by atoms with van der Waals surface area (Å²) in [5, 5.41) is 4.43. The number of amides is 1. The summed E-state index contributed by atoms with van der Waals surface area (Å²) in [7, 11) is 0. The first-order valence-corrected chi connectivity index (χ1v) is 11.0. The van der Waals surface area contributed by atoms with E-state index < -0.39 is 0 Å². The number of hydrogen-bond acceptors (Lipinski definition) is 5. The Labute approximate surface area is 179 Å². The molecule has 1 aliphatic heterocycles. The minimum absolute atomic E-state index is 0.0862. The standard InChI is InChI=1S/C23H23N3O3S/c1-30-19-9-7-17(8-10-19)20-11-12-22(27)26(24-20)16-23(28)25-13-14-29-21(15-25)18-5-3-2-4-6-18/h2-12,21H,13-16H2,1H3. The molecule has 3 aromatic rings. The van der Waals surface area contributed by atoms with Crippen LogP contribution in [0.15, 0.2) is 76.4 Å². The molecule has 30 heavy (non-hydrogen) atoms. The molecule has 0 N–H and O–H groups in total. The van der Waals surface area contributed by atoms with Crippen LogP contribution in [0.25, 0.3) is 11.3 Å². The van der Waals surface area contributed by atoms with Crippen LogP contribution in [0.5, 0.6) is 0 Å². The second kappa shape index (κ2) is 9.28. The van der Waals surface area contributed by atoms with E-state index in [0.29, 0.717) is 25.4 Å². The molecule has 1 unspecified atom stereocenters. The predicted molar refractivity (Wildman–Crippen MR) is 117 cm³/mol. The van der Waals surface area contributed by atoms with E-state index in [1.165, 1.54) is 10.7 Å². The number of hydrogen-bond donors (Lipinski definition) is 0. The predicted octanol–water partition coefficient (Wildman–Crippen LogP) is 3.23. The number of rotatable bonds is 5. The summed E-state index contributed by atoms with van der Waals surface area (Å²) in [6.45, 7) is 1.35. The van der Waals surface area contributed by atoms with Crippen molar-refractivity contribution in [3.8, 4) is 11.3 Å². The molecule has 0 radical (unpaired) electrons. The van der Waals surface area contributed by atoms with E-state index in [4.69, 9.17) is 4.74 Å². The molecule has 1 saturated heterocycles. The molecule has 2 heterocycles. The van der Waals surface area contributed by atoms with Gasteiger partial charge in [-0.1, -0.05) is 42.5 Å². The summed E-state index contributed by atoms with van der Waals surface area (Å²) >= 11 is 1.66. The van der Waals surface area contributed by atoms with Crippen molar-refractivity contribution in [2.75, 3.05) is 26.0 Å². The van der Waals surface area contributed by atoms with Gasteiger partial charge in [0.15, 0.2) is 0 Å². The summed E-state index contributed by atoms with van der Waals surface area (Å²) in [6, 6.07) is 21.0. The van der Waals surface area contributed by atoms with Crippen LogP contribution in [0.3, 0.4) is 0 Å². The van der Waals surface area contributed by atoms with E-state index in [1.807, 2.05) is 60.9 Å². The zero-order valence-corrected chi connectivity index (χ0v) is 17.5. The number of morpholine rings is 1. The molecule has 7 heteroatoms. The molecule has 1 amide bonds. The Bertz CT molecular complexity index is 1070. The van der Waals surface area contributed by atoms with Crippen molar-refractivity contribution in [3.63, 3.8) is 0 Å². The Morgan fingerprint density at radius 1 is 1.10 bits per heavy atom. The summed E-state index contributed by atoms with van der Waals surface area (Å²) < 4.78 is 7.08. The van der Waals surface area contributed by atoms with E-state index in [-0.39, 0.29) is 24.1 Å². The largest absolute Gasteiger partial charge is 0.370 e. The van der Waals surface area contributed by atoms with Gasteiger partial charge in [-0.3, -0.25) is 9.59 Å². The Kier molecular flexibility index (Phi) is 6.30. The van der Waals surface area contributed by atoms with Gasteiger partial charge >= 0.3 is 0 Å². The van der Waals surface area contributed by atoms with Gasteiger partial charge < -0.3 is 9.64 Å². The Hall–Kier alpha value is -2.90. The fraction of sp³-hybridized carbons (Fsp3) is 0.261. The van der Waals surface area contributed by atoms with E-state index in [2.05, 4.69) is 5.10 Å². The van der Waals surface area contributed by atoms with Crippen LogP contribution in [0.2, 0.25) is 0 Å². The lowest BCUT2D eigenvalue weighted by molar-refractivity contribution is -0.139. The molecule has 0 spiro atoms. The minimum atomic E-state index is -0.291.